The van der Waals surface area contributed by atoms with E-state index in [1.165, 1.54) is 41.9 Å². The maximum absolute atomic E-state index is 3.52. The summed E-state index contributed by atoms with van der Waals surface area (Å²) in [5.41, 5.74) is 1.46. The van der Waals surface area contributed by atoms with E-state index in [4.69, 9.17) is 0 Å². The van der Waals surface area contributed by atoms with E-state index in [1.54, 1.807) is 0 Å². The van der Waals surface area contributed by atoms with Gasteiger partial charge >= 0.3 is 0 Å². The Morgan fingerprint density at radius 3 is 2.72 bits per heavy atom. The number of hydrogen-bond donors (Lipinski definition) is 1. The summed E-state index contributed by atoms with van der Waals surface area (Å²) in [6.45, 7) is 5.46. The Morgan fingerprint density at radius 2 is 2.00 bits per heavy atom. The SMILES string of the molecule is CCNC(C)c1ccccc1SCC1CCCC1. The summed E-state index contributed by atoms with van der Waals surface area (Å²) in [5.74, 6) is 2.26. The van der Waals surface area contributed by atoms with Gasteiger partial charge in [-0.1, -0.05) is 38.0 Å². The lowest BCUT2D eigenvalue weighted by Gasteiger charge is -2.17. The predicted octanol–water partition coefficient (Wildman–Crippen LogP) is 4.64. The Kier molecular flexibility index (Phi) is 5.58. The highest BCUT2D eigenvalue weighted by Gasteiger charge is 2.16. The van der Waals surface area contributed by atoms with Crippen molar-refractivity contribution in [1.29, 1.82) is 0 Å². The fourth-order valence-corrected chi connectivity index (χ4v) is 4.11. The molecular weight excluding hydrogens is 238 g/mol. The minimum absolute atomic E-state index is 0.460. The first-order valence-corrected chi connectivity index (χ1v) is 8.25. The molecule has 0 amide bonds. The van der Waals surface area contributed by atoms with E-state index in [0.29, 0.717) is 6.04 Å². The number of rotatable bonds is 6. The van der Waals surface area contributed by atoms with Crippen LogP contribution < -0.4 is 5.32 Å². The van der Waals surface area contributed by atoms with E-state index in [1.807, 2.05) is 0 Å². The molecule has 1 unspecified atom stereocenters. The molecule has 0 spiro atoms. The molecule has 0 aromatic heterocycles. The van der Waals surface area contributed by atoms with Gasteiger partial charge in [0.2, 0.25) is 0 Å². The van der Waals surface area contributed by atoms with Crippen molar-refractivity contribution in [3.8, 4) is 0 Å². The van der Waals surface area contributed by atoms with E-state index in [0.717, 1.165) is 12.5 Å². The summed E-state index contributed by atoms with van der Waals surface area (Å²) in [4.78, 5) is 1.47. The van der Waals surface area contributed by atoms with Crippen LogP contribution in [0.2, 0.25) is 0 Å². The van der Waals surface area contributed by atoms with Crippen LogP contribution in [-0.4, -0.2) is 12.3 Å². The maximum atomic E-state index is 3.52. The normalized spacial score (nSPS) is 18.1. The molecule has 1 nitrogen and oxygen atoms in total. The zero-order chi connectivity index (χ0) is 12.8. The molecule has 18 heavy (non-hydrogen) atoms. The zero-order valence-corrected chi connectivity index (χ0v) is 12.4. The molecular formula is C16H25NS. The van der Waals surface area contributed by atoms with Crippen LogP contribution in [0.4, 0.5) is 0 Å². The van der Waals surface area contributed by atoms with Gasteiger partial charge in [0.25, 0.3) is 0 Å². The molecule has 1 N–H and O–H groups in total. The van der Waals surface area contributed by atoms with Crippen LogP contribution in [0.15, 0.2) is 29.2 Å². The zero-order valence-electron chi connectivity index (χ0n) is 11.6. The molecule has 1 fully saturated rings. The third-order valence-electron chi connectivity index (χ3n) is 3.85. The van der Waals surface area contributed by atoms with E-state index < -0.39 is 0 Å². The van der Waals surface area contributed by atoms with Gasteiger partial charge in [0.05, 0.1) is 0 Å². The number of hydrogen-bond acceptors (Lipinski definition) is 2. The molecule has 0 bridgehead atoms. The first kappa shape index (κ1) is 14.0. The van der Waals surface area contributed by atoms with Crippen LogP contribution >= 0.6 is 11.8 Å². The minimum Gasteiger partial charge on any atom is -0.310 e. The quantitative estimate of drug-likeness (QED) is 0.750. The van der Waals surface area contributed by atoms with Crippen molar-refractivity contribution in [2.45, 2.75) is 50.5 Å². The topological polar surface area (TPSA) is 12.0 Å². The van der Waals surface area contributed by atoms with Gasteiger partial charge in [-0.25, -0.2) is 0 Å². The van der Waals surface area contributed by atoms with Gasteiger partial charge < -0.3 is 5.32 Å². The third kappa shape index (κ3) is 3.76. The summed E-state index contributed by atoms with van der Waals surface area (Å²) in [6, 6.07) is 9.33. The van der Waals surface area contributed by atoms with Gasteiger partial charge in [0.1, 0.15) is 0 Å². The predicted molar refractivity (Wildman–Crippen MR) is 81.2 cm³/mol. The fraction of sp³-hybridized carbons (Fsp3) is 0.625. The average Bonchev–Trinajstić information content (AvgIpc) is 2.90. The third-order valence-corrected chi connectivity index (χ3v) is 5.17. The van der Waals surface area contributed by atoms with Crippen LogP contribution in [0.3, 0.4) is 0 Å². The van der Waals surface area contributed by atoms with Gasteiger partial charge in [-0.3, -0.25) is 0 Å². The number of nitrogens with one attached hydrogen (secondary N) is 1. The smallest absolute Gasteiger partial charge is 0.0302 e. The molecule has 1 saturated carbocycles. The molecule has 0 saturated heterocycles. The number of benzene rings is 1. The van der Waals surface area contributed by atoms with Crippen molar-refractivity contribution in [2.24, 2.45) is 5.92 Å². The van der Waals surface area contributed by atoms with Gasteiger partial charge in [-0.15, -0.1) is 11.8 Å². The Morgan fingerprint density at radius 1 is 1.28 bits per heavy atom. The van der Waals surface area contributed by atoms with E-state index in [9.17, 15) is 0 Å². The van der Waals surface area contributed by atoms with Crippen molar-refractivity contribution >= 4 is 11.8 Å². The molecule has 1 aliphatic rings. The molecule has 1 aliphatic carbocycles. The molecule has 0 heterocycles. The number of thioether (sulfide) groups is 1. The van der Waals surface area contributed by atoms with Crippen molar-refractivity contribution in [1.82, 2.24) is 5.32 Å². The second-order valence-electron chi connectivity index (χ2n) is 5.28. The molecule has 2 rings (SSSR count). The second-order valence-corrected chi connectivity index (χ2v) is 6.34. The Labute approximate surface area is 116 Å². The monoisotopic (exact) mass is 263 g/mol. The largest absolute Gasteiger partial charge is 0.310 e. The Bertz CT molecular complexity index is 358. The van der Waals surface area contributed by atoms with Crippen molar-refractivity contribution < 1.29 is 0 Å². The van der Waals surface area contributed by atoms with E-state index in [2.05, 4.69) is 55.2 Å². The lowest BCUT2D eigenvalue weighted by molar-refractivity contribution is 0.589. The average molecular weight is 263 g/mol. The van der Waals surface area contributed by atoms with Crippen LogP contribution in [0.25, 0.3) is 0 Å². The van der Waals surface area contributed by atoms with Crippen molar-refractivity contribution in [3.63, 3.8) is 0 Å². The van der Waals surface area contributed by atoms with Gasteiger partial charge in [0, 0.05) is 16.7 Å². The Balaban J connectivity index is 1.97. The first-order valence-electron chi connectivity index (χ1n) is 7.26. The lowest BCUT2D eigenvalue weighted by atomic mass is 10.1. The van der Waals surface area contributed by atoms with Gasteiger partial charge in [-0.2, -0.15) is 0 Å². The Hall–Kier alpha value is -0.470. The minimum atomic E-state index is 0.460. The standard InChI is InChI=1S/C16H25NS/c1-3-17-13(2)15-10-6-7-11-16(15)18-12-14-8-4-5-9-14/h6-7,10-11,13-14,17H,3-5,8-9,12H2,1-2H3. The molecule has 0 aliphatic heterocycles. The summed E-state index contributed by atoms with van der Waals surface area (Å²) in [7, 11) is 0. The van der Waals surface area contributed by atoms with E-state index >= 15 is 0 Å². The maximum Gasteiger partial charge on any atom is 0.0302 e. The van der Waals surface area contributed by atoms with Crippen molar-refractivity contribution in [2.75, 3.05) is 12.3 Å². The summed E-state index contributed by atoms with van der Waals surface area (Å²) >= 11 is 2.06. The van der Waals surface area contributed by atoms with Crippen LogP contribution in [-0.2, 0) is 0 Å². The molecule has 2 heteroatoms. The summed E-state index contributed by atoms with van der Waals surface area (Å²) < 4.78 is 0. The highest BCUT2D eigenvalue weighted by molar-refractivity contribution is 7.99. The van der Waals surface area contributed by atoms with E-state index in [-0.39, 0.29) is 0 Å². The highest BCUT2D eigenvalue weighted by atomic mass is 32.2. The summed E-state index contributed by atoms with van der Waals surface area (Å²) in [5, 5.41) is 3.52. The second kappa shape index (κ2) is 7.20. The van der Waals surface area contributed by atoms with Crippen LogP contribution in [0.1, 0.15) is 51.1 Å². The molecule has 1 aromatic carbocycles. The molecule has 1 aromatic rings. The highest BCUT2D eigenvalue weighted by Crippen LogP contribution is 2.33. The van der Waals surface area contributed by atoms with Crippen LogP contribution in [0.5, 0.6) is 0 Å². The van der Waals surface area contributed by atoms with Crippen LogP contribution in [0, 0.1) is 5.92 Å². The fourth-order valence-electron chi connectivity index (χ4n) is 2.77. The summed E-state index contributed by atoms with van der Waals surface area (Å²) in [6.07, 6.45) is 5.77. The van der Waals surface area contributed by atoms with Gasteiger partial charge in [0.15, 0.2) is 0 Å². The molecule has 0 radical (unpaired) electrons. The first-order chi connectivity index (χ1) is 8.81. The molecule has 100 valence electrons. The lowest BCUT2D eigenvalue weighted by Crippen LogP contribution is -2.18. The molecule has 1 atom stereocenters. The van der Waals surface area contributed by atoms with Gasteiger partial charge in [-0.05, 0) is 43.9 Å². The van der Waals surface area contributed by atoms with Crippen molar-refractivity contribution in [3.05, 3.63) is 29.8 Å².